The summed E-state index contributed by atoms with van der Waals surface area (Å²) in [5.74, 6) is 2.48. The highest BCUT2D eigenvalue weighted by atomic mass is 16.5. The van der Waals surface area contributed by atoms with Gasteiger partial charge in [0, 0.05) is 30.5 Å². The fraction of sp³-hybridized carbons (Fsp3) is 0.263. The van der Waals surface area contributed by atoms with Crippen LogP contribution in [0.1, 0.15) is 11.5 Å². The minimum Gasteiger partial charge on any atom is -0.497 e. The van der Waals surface area contributed by atoms with Gasteiger partial charge < -0.3 is 14.2 Å². The van der Waals surface area contributed by atoms with Crippen LogP contribution in [0.3, 0.4) is 0 Å². The van der Waals surface area contributed by atoms with Crippen LogP contribution in [0.15, 0.2) is 48.7 Å². The molecule has 7 nitrogen and oxygen atoms in total. The molecule has 1 aliphatic rings. The smallest absolute Gasteiger partial charge is 0.229 e. The Hall–Kier alpha value is -3.22. The summed E-state index contributed by atoms with van der Waals surface area (Å²) in [5, 5.41) is 8.61. The summed E-state index contributed by atoms with van der Waals surface area (Å²) < 4.78 is 7.27. The predicted molar refractivity (Wildman–Crippen MR) is 95.4 cm³/mol. The number of benzene rings is 1. The van der Waals surface area contributed by atoms with Gasteiger partial charge in [-0.05, 0) is 36.4 Å². The molecule has 7 heteroatoms. The largest absolute Gasteiger partial charge is 0.497 e. The molecule has 1 aliphatic heterocycles. The number of ether oxygens (including phenoxy) is 1. The molecule has 0 atom stereocenters. The van der Waals surface area contributed by atoms with Crippen LogP contribution in [-0.2, 0) is 24.3 Å². The monoisotopic (exact) mass is 349 g/mol. The van der Waals surface area contributed by atoms with E-state index in [9.17, 15) is 4.79 Å². The molecule has 2 aromatic heterocycles. The van der Waals surface area contributed by atoms with Crippen molar-refractivity contribution >= 4 is 5.91 Å². The van der Waals surface area contributed by atoms with E-state index in [1.54, 1.807) is 13.3 Å². The fourth-order valence-corrected chi connectivity index (χ4v) is 3.09. The molecule has 26 heavy (non-hydrogen) atoms. The van der Waals surface area contributed by atoms with Crippen molar-refractivity contribution in [1.82, 2.24) is 24.6 Å². The van der Waals surface area contributed by atoms with Crippen molar-refractivity contribution in [2.75, 3.05) is 13.7 Å². The van der Waals surface area contributed by atoms with E-state index in [1.807, 2.05) is 47.4 Å². The second kappa shape index (κ2) is 6.95. The maximum atomic E-state index is 12.5. The van der Waals surface area contributed by atoms with E-state index >= 15 is 0 Å². The minimum atomic E-state index is 0.0592. The number of methoxy groups -OCH3 is 1. The number of carbonyl (C=O) groups excluding carboxylic acids is 1. The van der Waals surface area contributed by atoms with Crippen LogP contribution in [-0.4, -0.2) is 44.2 Å². The average molecular weight is 349 g/mol. The summed E-state index contributed by atoms with van der Waals surface area (Å²) >= 11 is 0. The van der Waals surface area contributed by atoms with Gasteiger partial charge in [-0.3, -0.25) is 9.78 Å². The lowest BCUT2D eigenvalue weighted by Crippen LogP contribution is -2.39. The standard InChI is InChI=1S/C19H19N5O2/c1-26-16-7-5-14(6-8-16)19-22-21-17-13-23(10-11-24(17)19)18(25)12-15-4-2-3-9-20-15/h2-9H,10-13H2,1H3. The molecule has 0 saturated carbocycles. The lowest BCUT2D eigenvalue weighted by molar-refractivity contribution is -0.132. The molecule has 0 radical (unpaired) electrons. The molecule has 0 spiro atoms. The molecule has 3 aromatic rings. The Morgan fingerprint density at radius 2 is 1.96 bits per heavy atom. The van der Waals surface area contributed by atoms with Gasteiger partial charge in [0.25, 0.3) is 0 Å². The van der Waals surface area contributed by atoms with Crippen LogP contribution >= 0.6 is 0 Å². The number of hydrogen-bond acceptors (Lipinski definition) is 5. The number of carbonyl (C=O) groups is 1. The second-order valence-electron chi connectivity index (χ2n) is 6.13. The van der Waals surface area contributed by atoms with Crippen LogP contribution in [0.5, 0.6) is 5.75 Å². The first-order chi connectivity index (χ1) is 12.7. The van der Waals surface area contributed by atoms with Gasteiger partial charge in [-0.15, -0.1) is 10.2 Å². The fourth-order valence-electron chi connectivity index (χ4n) is 3.09. The molecular weight excluding hydrogens is 330 g/mol. The first kappa shape index (κ1) is 16.3. The van der Waals surface area contributed by atoms with Crippen molar-refractivity contribution < 1.29 is 9.53 Å². The third kappa shape index (κ3) is 3.15. The Balaban J connectivity index is 1.49. The second-order valence-corrected chi connectivity index (χ2v) is 6.13. The van der Waals surface area contributed by atoms with Crippen molar-refractivity contribution in [2.24, 2.45) is 0 Å². The topological polar surface area (TPSA) is 73.1 Å². The molecular formula is C19H19N5O2. The molecule has 3 heterocycles. The third-order valence-corrected chi connectivity index (χ3v) is 4.51. The SMILES string of the molecule is COc1ccc(-c2nnc3n2CCN(C(=O)Cc2ccccn2)C3)cc1. The molecule has 0 saturated heterocycles. The minimum absolute atomic E-state index is 0.0592. The van der Waals surface area contributed by atoms with E-state index in [0.29, 0.717) is 26.1 Å². The zero-order chi connectivity index (χ0) is 17.9. The molecule has 1 aromatic carbocycles. The molecule has 1 amide bonds. The highest BCUT2D eigenvalue weighted by Gasteiger charge is 2.25. The summed E-state index contributed by atoms with van der Waals surface area (Å²) in [5.41, 5.74) is 1.77. The van der Waals surface area contributed by atoms with Crippen molar-refractivity contribution in [3.63, 3.8) is 0 Å². The number of pyridine rings is 1. The van der Waals surface area contributed by atoms with Crippen molar-refractivity contribution in [2.45, 2.75) is 19.5 Å². The first-order valence-corrected chi connectivity index (χ1v) is 8.49. The number of nitrogens with zero attached hydrogens (tertiary/aromatic N) is 5. The average Bonchev–Trinajstić information content (AvgIpc) is 3.12. The van der Waals surface area contributed by atoms with Crippen LogP contribution < -0.4 is 4.74 Å². The Morgan fingerprint density at radius 3 is 2.69 bits per heavy atom. The van der Waals surface area contributed by atoms with Crippen molar-refractivity contribution in [1.29, 1.82) is 0 Å². The number of fused-ring (bicyclic) bond motifs is 1. The summed E-state index contributed by atoms with van der Waals surface area (Å²) in [6.07, 6.45) is 2.01. The molecule has 4 rings (SSSR count). The van der Waals surface area contributed by atoms with Gasteiger partial charge in [-0.2, -0.15) is 0 Å². The Morgan fingerprint density at radius 1 is 1.12 bits per heavy atom. The predicted octanol–water partition coefficient (Wildman–Crippen LogP) is 1.93. The van der Waals surface area contributed by atoms with E-state index in [4.69, 9.17) is 4.74 Å². The van der Waals surface area contributed by atoms with E-state index in [-0.39, 0.29) is 5.91 Å². The Bertz CT molecular complexity index is 905. The lowest BCUT2D eigenvalue weighted by atomic mass is 10.2. The zero-order valence-corrected chi connectivity index (χ0v) is 14.5. The third-order valence-electron chi connectivity index (χ3n) is 4.51. The number of rotatable bonds is 4. The molecule has 0 N–H and O–H groups in total. The molecule has 132 valence electrons. The Labute approximate surface area is 151 Å². The molecule has 0 unspecified atom stereocenters. The summed E-state index contributed by atoms with van der Waals surface area (Å²) in [7, 11) is 1.64. The highest BCUT2D eigenvalue weighted by molar-refractivity contribution is 5.78. The summed E-state index contributed by atoms with van der Waals surface area (Å²) in [6.45, 7) is 1.78. The lowest BCUT2D eigenvalue weighted by Gasteiger charge is -2.27. The summed E-state index contributed by atoms with van der Waals surface area (Å²) in [4.78, 5) is 18.6. The van der Waals surface area contributed by atoms with Gasteiger partial charge >= 0.3 is 0 Å². The number of amides is 1. The molecule has 0 bridgehead atoms. The normalized spacial score (nSPS) is 13.3. The number of aromatic nitrogens is 4. The van der Waals surface area contributed by atoms with E-state index in [0.717, 1.165) is 28.7 Å². The molecule has 0 fully saturated rings. The maximum Gasteiger partial charge on any atom is 0.229 e. The van der Waals surface area contributed by atoms with Gasteiger partial charge in [0.2, 0.25) is 5.91 Å². The highest BCUT2D eigenvalue weighted by Crippen LogP contribution is 2.24. The van der Waals surface area contributed by atoms with Crippen LogP contribution in [0.25, 0.3) is 11.4 Å². The zero-order valence-electron chi connectivity index (χ0n) is 14.5. The van der Waals surface area contributed by atoms with Crippen molar-refractivity contribution in [3.05, 3.63) is 60.2 Å². The van der Waals surface area contributed by atoms with E-state index in [1.165, 1.54) is 0 Å². The quantitative estimate of drug-likeness (QED) is 0.720. The van der Waals surface area contributed by atoms with Gasteiger partial charge in [-0.25, -0.2) is 0 Å². The van der Waals surface area contributed by atoms with Crippen LogP contribution in [0, 0.1) is 0 Å². The van der Waals surface area contributed by atoms with Gasteiger partial charge in [0.15, 0.2) is 11.6 Å². The van der Waals surface area contributed by atoms with E-state index in [2.05, 4.69) is 19.7 Å². The molecule has 0 aliphatic carbocycles. The Kier molecular flexibility index (Phi) is 4.35. The summed E-state index contributed by atoms with van der Waals surface area (Å²) in [6, 6.07) is 13.3. The maximum absolute atomic E-state index is 12.5. The van der Waals surface area contributed by atoms with Crippen molar-refractivity contribution in [3.8, 4) is 17.1 Å². The van der Waals surface area contributed by atoms with Gasteiger partial charge in [0.05, 0.1) is 20.1 Å². The first-order valence-electron chi connectivity index (χ1n) is 8.49. The van der Waals surface area contributed by atoms with Gasteiger partial charge in [0.1, 0.15) is 5.75 Å². The van der Waals surface area contributed by atoms with Gasteiger partial charge in [-0.1, -0.05) is 6.07 Å². The van der Waals surface area contributed by atoms with E-state index < -0.39 is 0 Å². The number of hydrogen-bond donors (Lipinski definition) is 0. The van der Waals surface area contributed by atoms with Crippen LogP contribution in [0.4, 0.5) is 0 Å². The van der Waals surface area contributed by atoms with Crippen LogP contribution in [0.2, 0.25) is 0 Å².